The fourth-order valence-electron chi connectivity index (χ4n) is 2.35. The van der Waals surface area contributed by atoms with Gasteiger partial charge < -0.3 is 4.90 Å². The minimum absolute atomic E-state index is 0.105. The van der Waals surface area contributed by atoms with E-state index < -0.39 is 37.3 Å². The molecule has 0 N–H and O–H groups in total. The number of nitrogens with zero attached hydrogens (tertiary/aromatic N) is 3. The minimum atomic E-state index is -4.93. The van der Waals surface area contributed by atoms with Crippen molar-refractivity contribution in [1.82, 2.24) is 9.21 Å². The van der Waals surface area contributed by atoms with Crippen LogP contribution in [0.25, 0.3) is 0 Å². The fraction of sp³-hybridized carbons (Fsp3) is 0.538. The third-order valence-electron chi connectivity index (χ3n) is 3.74. The lowest BCUT2D eigenvalue weighted by Crippen LogP contribution is -2.48. The number of alkyl halides is 3. The number of hydrogen-bond donors (Lipinski definition) is 0. The van der Waals surface area contributed by atoms with Gasteiger partial charge in [-0.15, -0.1) is 0 Å². The van der Waals surface area contributed by atoms with Crippen LogP contribution < -0.4 is 0 Å². The van der Waals surface area contributed by atoms with E-state index >= 15 is 0 Å². The molecule has 1 aliphatic heterocycles. The molecule has 0 amide bonds. The second-order valence-electron chi connectivity index (χ2n) is 5.21. The Balaban J connectivity index is 2.43. The molecule has 1 aliphatic rings. The molecular weight excluding hydrogens is 351 g/mol. The van der Waals surface area contributed by atoms with Crippen molar-refractivity contribution in [2.24, 2.45) is 0 Å². The topological polar surface area (TPSA) is 83.8 Å². The van der Waals surface area contributed by atoms with Gasteiger partial charge in [0, 0.05) is 44.4 Å². The summed E-state index contributed by atoms with van der Waals surface area (Å²) >= 11 is 0. The van der Waals surface area contributed by atoms with Gasteiger partial charge >= 0.3 is 6.18 Å². The fourth-order valence-corrected chi connectivity index (χ4v) is 3.78. The van der Waals surface area contributed by atoms with Gasteiger partial charge in [0.05, 0.1) is 15.4 Å². The van der Waals surface area contributed by atoms with Crippen molar-refractivity contribution in [3.05, 3.63) is 33.9 Å². The van der Waals surface area contributed by atoms with E-state index in [-0.39, 0.29) is 19.2 Å². The van der Waals surface area contributed by atoms with Crippen molar-refractivity contribution < 1.29 is 26.5 Å². The first-order valence-corrected chi connectivity index (χ1v) is 8.51. The highest BCUT2D eigenvalue weighted by Gasteiger charge is 2.36. The predicted octanol–water partition coefficient (Wildman–Crippen LogP) is 1.74. The van der Waals surface area contributed by atoms with Gasteiger partial charge in [0.15, 0.2) is 0 Å². The van der Waals surface area contributed by atoms with Crippen molar-refractivity contribution in [2.75, 3.05) is 32.7 Å². The highest BCUT2D eigenvalue weighted by Crippen LogP contribution is 2.34. The van der Waals surface area contributed by atoms with E-state index in [2.05, 4.69) is 0 Å². The van der Waals surface area contributed by atoms with Gasteiger partial charge in [-0.25, -0.2) is 8.42 Å². The molecule has 1 radical (unpaired) electrons. The summed E-state index contributed by atoms with van der Waals surface area (Å²) in [4.78, 5) is 10.9. The van der Waals surface area contributed by atoms with Gasteiger partial charge in [-0.3, -0.25) is 10.1 Å². The Morgan fingerprint density at radius 1 is 1.25 bits per heavy atom. The second kappa shape index (κ2) is 6.65. The monoisotopic (exact) mass is 366 g/mol. The van der Waals surface area contributed by atoms with Crippen LogP contribution in [0, 0.1) is 16.2 Å². The molecule has 0 atom stereocenters. The number of rotatable bonds is 4. The average Bonchev–Trinajstić information content (AvgIpc) is 2.53. The van der Waals surface area contributed by atoms with Gasteiger partial charge in [-0.1, -0.05) is 6.92 Å². The third kappa shape index (κ3) is 3.84. The van der Waals surface area contributed by atoms with E-state index in [0.29, 0.717) is 19.2 Å². The van der Waals surface area contributed by atoms with Gasteiger partial charge in [0.1, 0.15) is 0 Å². The smallest absolute Gasteiger partial charge is 0.301 e. The lowest BCUT2D eigenvalue weighted by atomic mass is 10.2. The summed E-state index contributed by atoms with van der Waals surface area (Å²) in [5.41, 5.74) is -2.42. The number of nitro groups is 1. The van der Waals surface area contributed by atoms with Crippen LogP contribution in [0.5, 0.6) is 0 Å². The number of piperazine rings is 1. The standard InChI is InChI=1S/C13H15F3N3O4S/c1-2-17-3-5-18(6-4-17)24(22,23)12-8-10(13(14,15)16)7-11(9-12)19(20)21/h7,9H,2-6H2,1H3. The molecule has 133 valence electrons. The molecule has 0 aromatic heterocycles. The van der Waals surface area contributed by atoms with Crippen molar-refractivity contribution in [1.29, 1.82) is 0 Å². The van der Waals surface area contributed by atoms with Crippen LogP contribution in [0.4, 0.5) is 18.9 Å². The largest absolute Gasteiger partial charge is 0.417 e. The molecule has 0 unspecified atom stereocenters. The van der Waals surface area contributed by atoms with Crippen molar-refractivity contribution in [3.63, 3.8) is 0 Å². The van der Waals surface area contributed by atoms with Gasteiger partial charge in [0.25, 0.3) is 5.69 Å². The molecule has 0 bridgehead atoms. The van der Waals surface area contributed by atoms with Crippen LogP contribution in [-0.2, 0) is 16.2 Å². The SMILES string of the molecule is CCN1CCN(S(=O)(=O)c2[c]c(C(F)(F)F)cc([N+](=O)[O-])c2)CC1. The van der Waals surface area contributed by atoms with E-state index in [1.54, 1.807) is 6.07 Å². The Morgan fingerprint density at radius 3 is 2.29 bits per heavy atom. The zero-order valence-electron chi connectivity index (χ0n) is 12.7. The number of benzene rings is 1. The quantitative estimate of drug-likeness (QED) is 0.599. The Bertz CT molecular complexity index is 728. The summed E-state index contributed by atoms with van der Waals surface area (Å²) in [6, 6.07) is 2.65. The van der Waals surface area contributed by atoms with Crippen LogP contribution in [0.1, 0.15) is 12.5 Å². The Morgan fingerprint density at radius 2 is 1.83 bits per heavy atom. The summed E-state index contributed by atoms with van der Waals surface area (Å²) in [5, 5.41) is 10.8. The summed E-state index contributed by atoms with van der Waals surface area (Å²) in [6.07, 6.45) is -4.93. The number of sulfonamides is 1. The number of likely N-dealkylation sites (N-methyl/N-ethyl adjacent to an activating group) is 1. The first-order valence-electron chi connectivity index (χ1n) is 7.07. The second-order valence-corrected chi connectivity index (χ2v) is 7.12. The van der Waals surface area contributed by atoms with Crippen LogP contribution in [-0.4, -0.2) is 55.3 Å². The molecule has 0 aliphatic carbocycles. The van der Waals surface area contributed by atoms with Gasteiger partial charge in [-0.05, 0) is 6.54 Å². The maximum atomic E-state index is 12.9. The van der Waals surface area contributed by atoms with Crippen molar-refractivity contribution in [3.8, 4) is 0 Å². The first kappa shape index (κ1) is 18.6. The zero-order valence-corrected chi connectivity index (χ0v) is 13.5. The summed E-state index contributed by atoms with van der Waals surface area (Å²) in [5.74, 6) is 0. The van der Waals surface area contributed by atoms with E-state index in [0.717, 1.165) is 10.8 Å². The van der Waals surface area contributed by atoms with Crippen LogP contribution >= 0.6 is 0 Å². The van der Waals surface area contributed by atoms with Crippen LogP contribution in [0.3, 0.4) is 0 Å². The molecule has 0 spiro atoms. The summed E-state index contributed by atoms with van der Waals surface area (Å²) in [7, 11) is -4.29. The van der Waals surface area contributed by atoms with Crippen LogP contribution in [0.2, 0.25) is 0 Å². The zero-order chi connectivity index (χ0) is 18.1. The van der Waals surface area contributed by atoms with E-state index in [1.165, 1.54) is 0 Å². The van der Waals surface area contributed by atoms with Crippen LogP contribution in [0.15, 0.2) is 17.0 Å². The average molecular weight is 366 g/mol. The lowest BCUT2D eigenvalue weighted by molar-refractivity contribution is -0.385. The lowest BCUT2D eigenvalue weighted by Gasteiger charge is -2.33. The molecule has 1 saturated heterocycles. The predicted molar refractivity (Wildman–Crippen MR) is 77.8 cm³/mol. The van der Waals surface area contributed by atoms with Gasteiger partial charge in [0.2, 0.25) is 10.0 Å². The summed E-state index contributed by atoms with van der Waals surface area (Å²) < 4.78 is 64.7. The highest BCUT2D eigenvalue weighted by molar-refractivity contribution is 7.89. The molecule has 2 rings (SSSR count). The molecule has 1 fully saturated rings. The molecule has 24 heavy (non-hydrogen) atoms. The minimum Gasteiger partial charge on any atom is -0.301 e. The molecule has 0 saturated carbocycles. The van der Waals surface area contributed by atoms with E-state index in [1.807, 2.05) is 11.8 Å². The Labute approximate surface area is 136 Å². The third-order valence-corrected chi connectivity index (χ3v) is 5.56. The molecular formula is C13H15F3N3O4S. The van der Waals surface area contributed by atoms with E-state index in [9.17, 15) is 31.7 Å². The number of halogens is 3. The maximum absolute atomic E-state index is 12.9. The van der Waals surface area contributed by atoms with E-state index in [4.69, 9.17) is 0 Å². The Kier molecular flexibility index (Phi) is 5.16. The summed E-state index contributed by atoms with van der Waals surface area (Å²) in [6.45, 7) is 3.73. The van der Waals surface area contributed by atoms with Crippen molar-refractivity contribution >= 4 is 15.7 Å². The molecule has 1 aromatic rings. The number of hydrogen-bond acceptors (Lipinski definition) is 5. The molecule has 7 nitrogen and oxygen atoms in total. The number of nitro benzene ring substituents is 1. The van der Waals surface area contributed by atoms with Crippen molar-refractivity contribution in [2.45, 2.75) is 18.0 Å². The number of non-ortho nitro benzene ring substituents is 1. The van der Waals surface area contributed by atoms with Gasteiger partial charge in [-0.2, -0.15) is 17.5 Å². The Hall–Kier alpha value is -1.72. The normalized spacial score (nSPS) is 17.8. The molecule has 1 heterocycles. The maximum Gasteiger partial charge on any atom is 0.417 e. The highest BCUT2D eigenvalue weighted by atomic mass is 32.2. The molecule has 11 heteroatoms. The molecule has 1 aromatic carbocycles. The first-order chi connectivity index (χ1) is 11.1.